The zero-order valence-electron chi connectivity index (χ0n) is 9.91. The van der Waals surface area contributed by atoms with Gasteiger partial charge in [-0.15, -0.1) is 0 Å². The number of hydrogen-bond acceptors (Lipinski definition) is 2. The van der Waals surface area contributed by atoms with Crippen molar-refractivity contribution in [1.82, 2.24) is 10.2 Å². The third-order valence-electron chi connectivity index (χ3n) is 3.80. The van der Waals surface area contributed by atoms with Gasteiger partial charge in [-0.25, -0.2) is 0 Å². The number of allylic oxidation sites excluding steroid dienone is 1. The molecule has 1 atom stereocenters. The molecule has 0 aromatic heterocycles. The van der Waals surface area contributed by atoms with Crippen LogP contribution in [0.1, 0.15) is 32.1 Å². The van der Waals surface area contributed by atoms with Crippen LogP contribution in [0.25, 0.3) is 0 Å². The van der Waals surface area contributed by atoms with Crippen LogP contribution in [0.4, 0.5) is 0 Å². The Hall–Kier alpha value is -0.340. The highest BCUT2D eigenvalue weighted by Gasteiger charge is 2.19. The van der Waals surface area contributed by atoms with Gasteiger partial charge < -0.3 is 5.32 Å². The maximum absolute atomic E-state index is 3.43. The van der Waals surface area contributed by atoms with Crippen molar-refractivity contribution in [2.45, 2.75) is 38.1 Å². The first-order valence-corrected chi connectivity index (χ1v) is 6.44. The summed E-state index contributed by atoms with van der Waals surface area (Å²) >= 11 is 0. The summed E-state index contributed by atoms with van der Waals surface area (Å²) in [6, 6.07) is 0.716. The van der Waals surface area contributed by atoms with Crippen LogP contribution in [0.3, 0.4) is 0 Å². The molecule has 1 aliphatic heterocycles. The van der Waals surface area contributed by atoms with Gasteiger partial charge in [0, 0.05) is 12.6 Å². The number of likely N-dealkylation sites (N-methyl/N-ethyl adjacent to an activating group) is 1. The van der Waals surface area contributed by atoms with Gasteiger partial charge in [-0.05, 0) is 58.2 Å². The van der Waals surface area contributed by atoms with E-state index in [9.17, 15) is 0 Å². The molecule has 1 aliphatic carbocycles. The lowest BCUT2D eigenvalue weighted by atomic mass is 9.95. The van der Waals surface area contributed by atoms with Crippen LogP contribution < -0.4 is 5.32 Å². The van der Waals surface area contributed by atoms with Gasteiger partial charge in [0.1, 0.15) is 0 Å². The molecule has 1 N–H and O–H groups in total. The average molecular weight is 208 g/mol. The minimum Gasteiger partial charge on any atom is -0.317 e. The van der Waals surface area contributed by atoms with Gasteiger partial charge in [0.05, 0.1) is 0 Å². The molecule has 2 aliphatic rings. The maximum Gasteiger partial charge on any atom is 0.0275 e. The van der Waals surface area contributed by atoms with Crippen LogP contribution in [-0.4, -0.2) is 37.6 Å². The summed E-state index contributed by atoms with van der Waals surface area (Å²) in [5.41, 5.74) is 0. The van der Waals surface area contributed by atoms with Crippen LogP contribution in [0.5, 0.6) is 0 Å². The molecule has 0 bridgehead atoms. The molecule has 0 aromatic rings. The number of nitrogens with one attached hydrogen (secondary N) is 1. The molecule has 2 rings (SSSR count). The molecule has 1 heterocycles. The summed E-state index contributed by atoms with van der Waals surface area (Å²) in [5, 5.41) is 3.43. The quantitative estimate of drug-likeness (QED) is 0.714. The van der Waals surface area contributed by atoms with E-state index in [1.54, 1.807) is 0 Å². The maximum atomic E-state index is 3.43. The number of hydrogen-bond donors (Lipinski definition) is 1. The molecule has 0 aromatic carbocycles. The number of nitrogens with zero attached hydrogens (tertiary/aromatic N) is 1. The highest BCUT2D eigenvalue weighted by Crippen LogP contribution is 2.19. The standard InChI is InChI=1S/C13H24N2/c1-15(13-5-3-2-4-6-13)11-12-7-9-14-10-8-12/h3,5,12-14H,2,4,6-11H2,1H3. The predicted molar refractivity (Wildman–Crippen MR) is 65.0 cm³/mol. The molecule has 86 valence electrons. The van der Waals surface area contributed by atoms with Gasteiger partial charge in [0.25, 0.3) is 0 Å². The molecule has 15 heavy (non-hydrogen) atoms. The Morgan fingerprint density at radius 2 is 2.07 bits per heavy atom. The second kappa shape index (κ2) is 5.66. The van der Waals surface area contributed by atoms with Crippen molar-refractivity contribution in [3.63, 3.8) is 0 Å². The molecule has 1 unspecified atom stereocenters. The molecule has 2 heteroatoms. The van der Waals surface area contributed by atoms with Crippen LogP contribution in [-0.2, 0) is 0 Å². The summed E-state index contributed by atoms with van der Waals surface area (Å²) in [6.07, 6.45) is 11.5. The summed E-state index contributed by atoms with van der Waals surface area (Å²) in [4.78, 5) is 2.56. The van der Waals surface area contributed by atoms with E-state index in [1.165, 1.54) is 51.7 Å². The second-order valence-electron chi connectivity index (χ2n) is 5.06. The first-order chi connectivity index (χ1) is 7.36. The van der Waals surface area contributed by atoms with Gasteiger partial charge in [0.2, 0.25) is 0 Å². The lowest BCUT2D eigenvalue weighted by Crippen LogP contribution is -2.39. The minimum absolute atomic E-state index is 0.716. The molecule has 1 fully saturated rings. The molecular formula is C13H24N2. The summed E-state index contributed by atoms with van der Waals surface area (Å²) < 4.78 is 0. The van der Waals surface area contributed by atoms with E-state index >= 15 is 0 Å². The lowest BCUT2D eigenvalue weighted by molar-refractivity contribution is 0.199. The van der Waals surface area contributed by atoms with E-state index in [0.717, 1.165) is 5.92 Å². The Balaban J connectivity index is 1.77. The molecule has 0 radical (unpaired) electrons. The van der Waals surface area contributed by atoms with Gasteiger partial charge in [0.15, 0.2) is 0 Å². The van der Waals surface area contributed by atoms with Crippen LogP contribution in [0.15, 0.2) is 12.2 Å². The fourth-order valence-corrected chi connectivity index (χ4v) is 2.77. The van der Waals surface area contributed by atoms with E-state index in [0.29, 0.717) is 6.04 Å². The lowest BCUT2D eigenvalue weighted by Gasteiger charge is -2.32. The first kappa shape index (κ1) is 11.2. The van der Waals surface area contributed by atoms with E-state index in [2.05, 4.69) is 29.4 Å². The van der Waals surface area contributed by atoms with E-state index in [-0.39, 0.29) is 0 Å². The third kappa shape index (κ3) is 3.32. The first-order valence-electron chi connectivity index (χ1n) is 6.44. The van der Waals surface area contributed by atoms with Crippen LogP contribution in [0.2, 0.25) is 0 Å². The largest absolute Gasteiger partial charge is 0.317 e. The monoisotopic (exact) mass is 208 g/mol. The van der Waals surface area contributed by atoms with Crippen LogP contribution >= 0.6 is 0 Å². The molecule has 0 spiro atoms. The van der Waals surface area contributed by atoms with Crippen molar-refractivity contribution in [3.8, 4) is 0 Å². The van der Waals surface area contributed by atoms with Crippen molar-refractivity contribution >= 4 is 0 Å². The molecule has 0 saturated carbocycles. The fourth-order valence-electron chi connectivity index (χ4n) is 2.77. The van der Waals surface area contributed by atoms with Gasteiger partial charge >= 0.3 is 0 Å². The Morgan fingerprint density at radius 3 is 2.73 bits per heavy atom. The van der Waals surface area contributed by atoms with Gasteiger partial charge in [-0.2, -0.15) is 0 Å². The SMILES string of the molecule is CN(CC1CCNCC1)C1C=CCCC1. The fraction of sp³-hybridized carbons (Fsp3) is 0.846. The summed E-state index contributed by atoms with van der Waals surface area (Å²) in [7, 11) is 2.29. The van der Waals surface area contributed by atoms with Crippen LogP contribution in [0, 0.1) is 5.92 Å². The van der Waals surface area contributed by atoms with Gasteiger partial charge in [-0.1, -0.05) is 12.2 Å². The zero-order valence-corrected chi connectivity index (χ0v) is 9.91. The Labute approximate surface area is 93.7 Å². The average Bonchev–Trinajstić information content (AvgIpc) is 2.31. The Morgan fingerprint density at radius 1 is 1.27 bits per heavy atom. The third-order valence-corrected chi connectivity index (χ3v) is 3.80. The minimum atomic E-state index is 0.716. The normalized spacial score (nSPS) is 28.5. The highest BCUT2D eigenvalue weighted by atomic mass is 15.1. The Kier molecular flexibility index (Phi) is 4.21. The molecule has 0 amide bonds. The topological polar surface area (TPSA) is 15.3 Å². The van der Waals surface area contributed by atoms with Crippen molar-refractivity contribution < 1.29 is 0 Å². The van der Waals surface area contributed by atoms with Gasteiger partial charge in [-0.3, -0.25) is 4.90 Å². The van der Waals surface area contributed by atoms with E-state index in [1.807, 2.05) is 0 Å². The molecule has 2 nitrogen and oxygen atoms in total. The Bertz CT molecular complexity index is 207. The smallest absolute Gasteiger partial charge is 0.0275 e. The van der Waals surface area contributed by atoms with Crippen molar-refractivity contribution in [1.29, 1.82) is 0 Å². The van der Waals surface area contributed by atoms with Crippen molar-refractivity contribution in [2.75, 3.05) is 26.7 Å². The summed E-state index contributed by atoms with van der Waals surface area (Å²) in [5.74, 6) is 0.923. The summed E-state index contributed by atoms with van der Waals surface area (Å²) in [6.45, 7) is 3.73. The van der Waals surface area contributed by atoms with Crippen molar-refractivity contribution in [3.05, 3.63) is 12.2 Å². The number of piperidine rings is 1. The highest BCUT2D eigenvalue weighted by molar-refractivity contribution is 4.98. The molecule has 1 saturated heterocycles. The molecular weight excluding hydrogens is 184 g/mol. The number of rotatable bonds is 3. The van der Waals surface area contributed by atoms with E-state index < -0.39 is 0 Å². The van der Waals surface area contributed by atoms with E-state index in [4.69, 9.17) is 0 Å². The zero-order chi connectivity index (χ0) is 10.5. The second-order valence-corrected chi connectivity index (χ2v) is 5.06. The predicted octanol–water partition coefficient (Wildman–Crippen LogP) is 2.03. The van der Waals surface area contributed by atoms with Crippen molar-refractivity contribution in [2.24, 2.45) is 5.92 Å².